The summed E-state index contributed by atoms with van der Waals surface area (Å²) in [5.41, 5.74) is 3.48. The first kappa shape index (κ1) is 11.6. The van der Waals surface area contributed by atoms with E-state index < -0.39 is 0 Å². The topological polar surface area (TPSA) is 4.93 Å². The van der Waals surface area contributed by atoms with E-state index in [1.807, 2.05) is 6.92 Å². The molecular weight excluding hydrogens is 230 g/mol. The molecule has 0 atom stereocenters. The van der Waals surface area contributed by atoms with E-state index in [0.717, 1.165) is 12.1 Å². The Kier molecular flexibility index (Phi) is 2.85. The van der Waals surface area contributed by atoms with Crippen LogP contribution in [0.3, 0.4) is 0 Å². The highest BCUT2D eigenvalue weighted by atomic mass is 15.0. The molecule has 0 N–H and O–H groups in total. The molecule has 0 fully saturated rings. The quantitative estimate of drug-likeness (QED) is 0.591. The zero-order chi connectivity index (χ0) is 13.2. The summed E-state index contributed by atoms with van der Waals surface area (Å²) in [7, 11) is 0. The molecule has 1 nitrogen and oxygen atoms in total. The Morgan fingerprint density at radius 2 is 1.58 bits per heavy atom. The van der Waals surface area contributed by atoms with Crippen LogP contribution in [-0.4, -0.2) is 4.57 Å². The van der Waals surface area contributed by atoms with Gasteiger partial charge in [-0.05, 0) is 24.6 Å². The molecule has 3 rings (SSSR count). The van der Waals surface area contributed by atoms with Crippen LogP contribution in [0.4, 0.5) is 0 Å². The lowest BCUT2D eigenvalue weighted by molar-refractivity contribution is 0.894. The van der Waals surface area contributed by atoms with Crippen LogP contribution in [0.15, 0.2) is 60.2 Å². The molecule has 0 bridgehead atoms. The lowest BCUT2D eigenvalue weighted by Gasteiger charge is -2.03. The van der Waals surface area contributed by atoms with E-state index in [1.165, 1.54) is 21.8 Å². The van der Waals surface area contributed by atoms with Gasteiger partial charge in [0, 0.05) is 28.4 Å². The number of terminal acetylenes is 1. The van der Waals surface area contributed by atoms with Gasteiger partial charge in [-0.3, -0.25) is 0 Å². The van der Waals surface area contributed by atoms with E-state index in [1.54, 1.807) is 0 Å². The molecule has 1 heterocycles. The van der Waals surface area contributed by atoms with Gasteiger partial charge in [-0.15, -0.1) is 6.42 Å². The summed E-state index contributed by atoms with van der Waals surface area (Å²) in [6.07, 6.45) is 7.51. The van der Waals surface area contributed by atoms with Gasteiger partial charge in [-0.25, -0.2) is 0 Å². The van der Waals surface area contributed by atoms with Crippen molar-refractivity contribution in [3.63, 3.8) is 0 Å². The fraction of sp³-hybridized carbons (Fsp3) is 0.111. The Morgan fingerprint density at radius 1 is 1.05 bits per heavy atom. The van der Waals surface area contributed by atoms with Crippen molar-refractivity contribution in [1.29, 1.82) is 0 Å². The number of hydrogen-bond donors (Lipinski definition) is 0. The van der Waals surface area contributed by atoms with Crippen LogP contribution in [0.5, 0.6) is 0 Å². The largest absolute Gasteiger partial charge is 0.337 e. The second-order valence-corrected chi connectivity index (χ2v) is 4.68. The van der Waals surface area contributed by atoms with Gasteiger partial charge in [0.25, 0.3) is 0 Å². The predicted octanol–water partition coefficient (Wildman–Crippen LogP) is 4.37. The Bertz CT molecular complexity index is 759. The van der Waals surface area contributed by atoms with Gasteiger partial charge in [0.05, 0.1) is 0 Å². The van der Waals surface area contributed by atoms with Crippen molar-refractivity contribution in [2.75, 3.05) is 0 Å². The number of benzene rings is 2. The summed E-state index contributed by atoms with van der Waals surface area (Å²) in [5, 5.41) is 2.59. The van der Waals surface area contributed by atoms with Gasteiger partial charge in [0.15, 0.2) is 0 Å². The molecule has 1 heteroatoms. The highest BCUT2D eigenvalue weighted by Gasteiger charge is 2.07. The molecule has 0 saturated heterocycles. The zero-order valence-electron chi connectivity index (χ0n) is 10.9. The van der Waals surface area contributed by atoms with Crippen LogP contribution >= 0.6 is 0 Å². The molecule has 19 heavy (non-hydrogen) atoms. The fourth-order valence-corrected chi connectivity index (χ4v) is 2.49. The number of nitrogens with zero attached hydrogens (tertiary/aromatic N) is 1. The predicted molar refractivity (Wildman–Crippen MR) is 82.0 cm³/mol. The minimum atomic E-state index is 0.810. The molecule has 0 aliphatic carbocycles. The molecule has 92 valence electrons. The van der Waals surface area contributed by atoms with E-state index in [4.69, 9.17) is 6.42 Å². The van der Waals surface area contributed by atoms with Crippen LogP contribution in [-0.2, 0) is 6.54 Å². The molecule has 0 radical (unpaired) electrons. The van der Waals surface area contributed by atoms with Gasteiger partial charge in [0.1, 0.15) is 0 Å². The number of hydrogen-bond acceptors (Lipinski definition) is 0. The van der Waals surface area contributed by atoms with Crippen molar-refractivity contribution in [2.45, 2.75) is 13.5 Å². The molecule has 3 aromatic rings. The molecule has 0 aliphatic heterocycles. The molecule has 0 aliphatic rings. The summed E-state index contributed by atoms with van der Waals surface area (Å²) in [6.45, 7) is 2.78. The highest BCUT2D eigenvalue weighted by Crippen LogP contribution is 2.28. The summed E-state index contributed by atoms with van der Waals surface area (Å²) >= 11 is 0. The summed E-state index contributed by atoms with van der Waals surface area (Å²) < 4.78 is 2.31. The standard InChI is InChI=1S/C18H15N/c1-3-14(2)12-13-19-17-10-6-4-8-15(17)16-9-5-7-11-18(16)19/h1,4-12H,13H2,2H3/b14-12+. The number of allylic oxidation sites excluding steroid dienone is 2. The van der Waals surface area contributed by atoms with E-state index in [0.29, 0.717) is 0 Å². The van der Waals surface area contributed by atoms with Gasteiger partial charge >= 0.3 is 0 Å². The first-order valence-electron chi connectivity index (χ1n) is 6.40. The lowest BCUT2D eigenvalue weighted by atomic mass is 10.2. The van der Waals surface area contributed by atoms with E-state index in [2.05, 4.69) is 65.1 Å². The van der Waals surface area contributed by atoms with Crippen LogP contribution in [0.1, 0.15) is 6.92 Å². The van der Waals surface area contributed by atoms with E-state index in [9.17, 15) is 0 Å². The highest BCUT2D eigenvalue weighted by molar-refractivity contribution is 6.07. The fourth-order valence-electron chi connectivity index (χ4n) is 2.49. The maximum atomic E-state index is 5.41. The van der Waals surface area contributed by atoms with E-state index in [-0.39, 0.29) is 0 Å². The molecule has 0 unspecified atom stereocenters. The van der Waals surface area contributed by atoms with Crippen molar-refractivity contribution in [1.82, 2.24) is 4.57 Å². The zero-order valence-corrected chi connectivity index (χ0v) is 10.9. The lowest BCUT2D eigenvalue weighted by Crippen LogP contribution is -1.95. The van der Waals surface area contributed by atoms with Gasteiger partial charge < -0.3 is 4.57 Å². The number of aromatic nitrogens is 1. The average molecular weight is 245 g/mol. The minimum Gasteiger partial charge on any atom is -0.337 e. The molecule has 1 aromatic heterocycles. The minimum absolute atomic E-state index is 0.810. The summed E-state index contributed by atoms with van der Waals surface area (Å²) in [6, 6.07) is 17.0. The van der Waals surface area contributed by atoms with Crippen molar-refractivity contribution in [3.05, 3.63) is 60.2 Å². The monoisotopic (exact) mass is 245 g/mol. The molecule has 0 saturated carbocycles. The van der Waals surface area contributed by atoms with Crippen molar-refractivity contribution in [2.24, 2.45) is 0 Å². The second kappa shape index (κ2) is 4.66. The SMILES string of the molecule is C#C/C(C)=C/Cn1c2ccccc2c2ccccc21. The van der Waals surface area contributed by atoms with Crippen LogP contribution in [0.25, 0.3) is 21.8 Å². The van der Waals surface area contributed by atoms with Crippen LogP contribution in [0.2, 0.25) is 0 Å². The summed E-state index contributed by atoms with van der Waals surface area (Å²) in [5.74, 6) is 2.67. The van der Waals surface area contributed by atoms with Crippen molar-refractivity contribution in [3.8, 4) is 12.3 Å². The Balaban J connectivity index is 2.28. The molecule has 2 aromatic carbocycles. The first-order chi connectivity index (χ1) is 9.31. The number of para-hydroxylation sites is 2. The van der Waals surface area contributed by atoms with Crippen LogP contribution in [0, 0.1) is 12.3 Å². The van der Waals surface area contributed by atoms with Gasteiger partial charge in [0.2, 0.25) is 0 Å². The van der Waals surface area contributed by atoms with Gasteiger partial charge in [-0.1, -0.05) is 48.4 Å². The Hall–Kier alpha value is -2.46. The van der Waals surface area contributed by atoms with Crippen molar-refractivity contribution < 1.29 is 0 Å². The Labute approximate surface area is 113 Å². The van der Waals surface area contributed by atoms with E-state index >= 15 is 0 Å². The molecule has 0 spiro atoms. The third-order valence-electron chi connectivity index (χ3n) is 3.49. The third-order valence-corrected chi connectivity index (χ3v) is 3.49. The van der Waals surface area contributed by atoms with Crippen LogP contribution < -0.4 is 0 Å². The molecular formula is C18H15N. The maximum Gasteiger partial charge on any atom is 0.0494 e. The normalized spacial score (nSPS) is 11.9. The Morgan fingerprint density at radius 3 is 2.11 bits per heavy atom. The molecule has 0 amide bonds. The second-order valence-electron chi connectivity index (χ2n) is 4.68. The number of fused-ring (bicyclic) bond motifs is 3. The third kappa shape index (κ3) is 1.92. The smallest absolute Gasteiger partial charge is 0.0494 e. The maximum absolute atomic E-state index is 5.41. The van der Waals surface area contributed by atoms with Gasteiger partial charge in [-0.2, -0.15) is 0 Å². The number of rotatable bonds is 2. The first-order valence-corrected chi connectivity index (χ1v) is 6.40. The summed E-state index contributed by atoms with van der Waals surface area (Å²) in [4.78, 5) is 0. The average Bonchev–Trinajstić information content (AvgIpc) is 2.79. The van der Waals surface area contributed by atoms with Crippen molar-refractivity contribution >= 4 is 21.8 Å².